The van der Waals surface area contributed by atoms with Gasteiger partial charge in [0, 0.05) is 16.2 Å². The molecule has 2 aromatic carbocycles. The molecule has 0 N–H and O–H groups in total. The Kier molecular flexibility index (Phi) is 4.95. The number of benzene rings is 2. The van der Waals surface area contributed by atoms with Gasteiger partial charge in [0.05, 0.1) is 5.97 Å². The highest BCUT2D eigenvalue weighted by atomic mass is 35.5. The molecule has 1 heterocycles. The molecule has 0 aliphatic carbocycles. The van der Waals surface area contributed by atoms with E-state index in [1.54, 1.807) is 0 Å². The molecule has 3 nitrogen and oxygen atoms in total. The number of fused-ring (bicyclic) bond motifs is 1. The lowest BCUT2D eigenvalue weighted by atomic mass is 9.95. The average Bonchev–Trinajstić information content (AvgIpc) is 2.55. The lowest BCUT2D eigenvalue weighted by Gasteiger charge is -2.29. The summed E-state index contributed by atoms with van der Waals surface area (Å²) in [4.78, 5) is 11.1. The van der Waals surface area contributed by atoms with Crippen LogP contribution in [0.15, 0.2) is 35.9 Å². The van der Waals surface area contributed by atoms with Crippen LogP contribution >= 0.6 is 11.6 Å². The fourth-order valence-corrected chi connectivity index (χ4v) is 3.29. The molecule has 1 unspecified atom stereocenters. The van der Waals surface area contributed by atoms with Gasteiger partial charge in [0.1, 0.15) is 5.75 Å². The van der Waals surface area contributed by atoms with Crippen LogP contribution in [0.5, 0.6) is 5.75 Å². The van der Waals surface area contributed by atoms with Crippen molar-refractivity contribution in [3.05, 3.63) is 68.7 Å². The number of carboxylic acid groups (broad SMARTS) is 1. The monoisotopic (exact) mass is 395 g/mol. The van der Waals surface area contributed by atoms with Gasteiger partial charge in [-0.3, -0.25) is 0 Å². The summed E-state index contributed by atoms with van der Waals surface area (Å²) < 4.78 is 44.5. The molecule has 0 saturated carbocycles. The quantitative estimate of drug-likeness (QED) is 0.789. The minimum absolute atomic E-state index is 0.0634. The van der Waals surface area contributed by atoms with Crippen molar-refractivity contribution in [1.82, 2.24) is 0 Å². The summed E-state index contributed by atoms with van der Waals surface area (Å²) in [5.41, 5.74) is 2.91. The molecule has 27 heavy (non-hydrogen) atoms. The van der Waals surface area contributed by atoms with Crippen molar-refractivity contribution in [2.75, 3.05) is 0 Å². The highest BCUT2D eigenvalue weighted by Crippen LogP contribution is 2.39. The molecule has 1 aliphatic heterocycles. The summed E-state index contributed by atoms with van der Waals surface area (Å²) >= 11 is 6.28. The van der Waals surface area contributed by atoms with Gasteiger partial charge in [-0.2, -0.15) is 13.2 Å². The SMILES string of the molecule is Cc1ccc(Cc2cc3c(cc2Cl)C=C(C(=O)[O-])C(C(F)(F)F)O3)c(C)c1. The van der Waals surface area contributed by atoms with E-state index in [9.17, 15) is 23.1 Å². The van der Waals surface area contributed by atoms with Crippen molar-refractivity contribution in [2.24, 2.45) is 0 Å². The Labute approximate surface area is 159 Å². The van der Waals surface area contributed by atoms with Crippen molar-refractivity contribution in [1.29, 1.82) is 0 Å². The second-order valence-corrected chi connectivity index (χ2v) is 6.92. The van der Waals surface area contributed by atoms with E-state index in [2.05, 4.69) is 0 Å². The van der Waals surface area contributed by atoms with E-state index < -0.39 is 23.8 Å². The average molecular weight is 396 g/mol. The predicted octanol–water partition coefficient (Wildman–Crippen LogP) is 4.00. The van der Waals surface area contributed by atoms with E-state index >= 15 is 0 Å². The van der Waals surface area contributed by atoms with Crippen LogP contribution in [-0.4, -0.2) is 18.2 Å². The molecule has 0 fully saturated rings. The Balaban J connectivity index is 2.02. The van der Waals surface area contributed by atoms with Crippen LogP contribution < -0.4 is 9.84 Å². The fraction of sp³-hybridized carbons (Fsp3) is 0.250. The van der Waals surface area contributed by atoms with Crippen molar-refractivity contribution in [3.8, 4) is 5.75 Å². The number of halogens is 4. The Morgan fingerprint density at radius 3 is 2.48 bits per heavy atom. The number of aliphatic carboxylic acids is 1. The number of rotatable bonds is 3. The minimum atomic E-state index is -4.88. The maximum absolute atomic E-state index is 13.2. The second-order valence-electron chi connectivity index (χ2n) is 6.51. The highest BCUT2D eigenvalue weighted by Gasteiger charge is 2.46. The van der Waals surface area contributed by atoms with Crippen LogP contribution in [0.25, 0.3) is 6.08 Å². The Bertz CT molecular complexity index is 948. The van der Waals surface area contributed by atoms with Crippen LogP contribution in [-0.2, 0) is 11.2 Å². The first-order valence-electron chi connectivity index (χ1n) is 8.11. The Morgan fingerprint density at radius 2 is 1.89 bits per heavy atom. The fourth-order valence-electron chi connectivity index (χ4n) is 3.05. The summed E-state index contributed by atoms with van der Waals surface area (Å²) in [5.74, 6) is -2.00. The standard InChI is InChI=1S/C20H16ClF3O3/c1-10-3-4-12(11(2)5-10)6-13-9-17-14(8-16(13)21)7-15(19(25)26)18(27-17)20(22,23)24/h3-5,7-9,18H,6H2,1-2H3,(H,25,26)/p-1. The zero-order valence-corrected chi connectivity index (χ0v) is 15.2. The van der Waals surface area contributed by atoms with Gasteiger partial charge in [-0.25, -0.2) is 0 Å². The van der Waals surface area contributed by atoms with Crippen LogP contribution in [0.2, 0.25) is 5.02 Å². The minimum Gasteiger partial charge on any atom is -0.545 e. The topological polar surface area (TPSA) is 49.4 Å². The van der Waals surface area contributed by atoms with E-state index in [0.29, 0.717) is 17.0 Å². The van der Waals surface area contributed by atoms with E-state index in [1.807, 2.05) is 32.0 Å². The van der Waals surface area contributed by atoms with Crippen LogP contribution in [0.4, 0.5) is 13.2 Å². The molecule has 0 spiro atoms. The van der Waals surface area contributed by atoms with E-state index in [0.717, 1.165) is 22.8 Å². The van der Waals surface area contributed by atoms with Crippen molar-refractivity contribution in [3.63, 3.8) is 0 Å². The first-order chi connectivity index (χ1) is 12.6. The van der Waals surface area contributed by atoms with Crippen LogP contribution in [0.3, 0.4) is 0 Å². The maximum Gasteiger partial charge on any atom is 0.429 e. The van der Waals surface area contributed by atoms with Crippen LogP contribution in [0, 0.1) is 13.8 Å². The predicted molar refractivity (Wildman–Crippen MR) is 93.6 cm³/mol. The highest BCUT2D eigenvalue weighted by molar-refractivity contribution is 6.31. The van der Waals surface area contributed by atoms with Gasteiger partial charge in [-0.05, 0) is 55.2 Å². The first-order valence-corrected chi connectivity index (χ1v) is 8.49. The van der Waals surface area contributed by atoms with Gasteiger partial charge in [-0.1, -0.05) is 35.4 Å². The molecular formula is C20H15ClF3O3-. The second kappa shape index (κ2) is 6.93. The third-order valence-electron chi connectivity index (χ3n) is 4.43. The molecule has 0 saturated heterocycles. The van der Waals surface area contributed by atoms with E-state index in [-0.39, 0.29) is 11.3 Å². The third-order valence-corrected chi connectivity index (χ3v) is 4.78. The van der Waals surface area contributed by atoms with Crippen molar-refractivity contribution < 1.29 is 27.8 Å². The number of carbonyl (C=O) groups excluding carboxylic acids is 1. The number of carboxylic acids is 1. The molecule has 1 aliphatic rings. The molecule has 0 bridgehead atoms. The lowest BCUT2D eigenvalue weighted by molar-refractivity contribution is -0.302. The van der Waals surface area contributed by atoms with Crippen molar-refractivity contribution in [2.45, 2.75) is 32.5 Å². The molecule has 0 radical (unpaired) electrons. The van der Waals surface area contributed by atoms with Gasteiger partial charge >= 0.3 is 6.18 Å². The van der Waals surface area contributed by atoms with E-state index in [1.165, 1.54) is 12.1 Å². The summed E-state index contributed by atoms with van der Waals surface area (Å²) in [6, 6.07) is 8.73. The van der Waals surface area contributed by atoms with E-state index in [4.69, 9.17) is 16.3 Å². The zero-order valence-electron chi connectivity index (χ0n) is 14.5. The lowest BCUT2D eigenvalue weighted by Crippen LogP contribution is -2.44. The summed E-state index contributed by atoms with van der Waals surface area (Å²) in [6.45, 7) is 3.91. The first kappa shape index (κ1) is 19.3. The number of ether oxygens (including phenoxy) is 1. The maximum atomic E-state index is 13.2. The van der Waals surface area contributed by atoms with Crippen molar-refractivity contribution >= 4 is 23.6 Å². The molecular weight excluding hydrogens is 381 g/mol. The van der Waals surface area contributed by atoms with Crippen LogP contribution in [0.1, 0.15) is 27.8 Å². The molecule has 0 amide bonds. The van der Waals surface area contributed by atoms with Gasteiger partial charge < -0.3 is 14.6 Å². The molecule has 7 heteroatoms. The van der Waals surface area contributed by atoms with Gasteiger partial charge in [-0.15, -0.1) is 0 Å². The summed E-state index contributed by atoms with van der Waals surface area (Å²) in [7, 11) is 0. The molecule has 3 rings (SSSR count). The number of aryl methyl sites for hydroxylation is 2. The van der Waals surface area contributed by atoms with Gasteiger partial charge in [0.15, 0.2) is 0 Å². The number of carbonyl (C=O) groups is 1. The third kappa shape index (κ3) is 3.95. The smallest absolute Gasteiger partial charge is 0.429 e. The van der Waals surface area contributed by atoms with Gasteiger partial charge in [0.2, 0.25) is 6.10 Å². The molecule has 142 valence electrons. The summed E-state index contributed by atoms with van der Waals surface area (Å²) in [5, 5.41) is 11.4. The van der Waals surface area contributed by atoms with Gasteiger partial charge in [0.25, 0.3) is 0 Å². The largest absolute Gasteiger partial charge is 0.545 e. The summed E-state index contributed by atoms with van der Waals surface area (Å²) in [6.07, 6.45) is -6.14. The Hall–Kier alpha value is -2.47. The molecule has 1 atom stereocenters. The molecule has 0 aromatic heterocycles. The molecule has 2 aromatic rings. The zero-order chi connectivity index (χ0) is 19.9. The number of hydrogen-bond donors (Lipinski definition) is 0. The number of alkyl halides is 3. The number of hydrogen-bond acceptors (Lipinski definition) is 3. The Morgan fingerprint density at radius 1 is 1.19 bits per heavy atom. The normalized spacial score (nSPS) is 16.4.